The van der Waals surface area contributed by atoms with Crippen LogP contribution in [0.1, 0.15) is 58.3 Å². The molecule has 20 heavy (non-hydrogen) atoms. The van der Waals surface area contributed by atoms with Gasteiger partial charge in [-0.25, -0.2) is 9.78 Å². The van der Waals surface area contributed by atoms with Crippen LogP contribution in [0.2, 0.25) is 0 Å². The number of H-pyrrole nitrogens is 1. The van der Waals surface area contributed by atoms with Crippen molar-refractivity contribution in [3.05, 3.63) is 17.2 Å². The van der Waals surface area contributed by atoms with Crippen molar-refractivity contribution >= 4 is 6.09 Å². The number of carbonyl (C=O) groups excluding carboxylic acids is 1. The number of carbonyl (C=O) groups is 1. The molecular formula is C15H27N3O2. The van der Waals surface area contributed by atoms with Crippen LogP contribution < -0.4 is 0 Å². The first-order chi connectivity index (χ1) is 9.26. The summed E-state index contributed by atoms with van der Waals surface area (Å²) in [6.45, 7) is 12.9. The zero-order valence-corrected chi connectivity index (χ0v) is 13.5. The van der Waals surface area contributed by atoms with Crippen molar-refractivity contribution in [1.82, 2.24) is 14.9 Å². The first-order valence-electron chi connectivity index (χ1n) is 7.29. The smallest absolute Gasteiger partial charge is 0.410 e. The molecule has 0 aliphatic heterocycles. The number of aromatic amines is 1. The lowest BCUT2D eigenvalue weighted by Gasteiger charge is -2.26. The number of nitrogens with zero attached hydrogens (tertiary/aromatic N) is 2. The molecular weight excluding hydrogens is 254 g/mol. The maximum Gasteiger partial charge on any atom is 0.410 e. The Kier molecular flexibility index (Phi) is 5.60. The van der Waals surface area contributed by atoms with E-state index < -0.39 is 5.60 Å². The molecule has 0 unspecified atom stereocenters. The molecule has 0 fully saturated rings. The van der Waals surface area contributed by atoms with E-state index in [-0.39, 0.29) is 6.09 Å². The molecule has 0 saturated heterocycles. The summed E-state index contributed by atoms with van der Waals surface area (Å²) in [5.41, 5.74) is 1.65. The van der Waals surface area contributed by atoms with Gasteiger partial charge < -0.3 is 14.6 Å². The van der Waals surface area contributed by atoms with Crippen molar-refractivity contribution in [2.45, 2.75) is 66.5 Å². The largest absolute Gasteiger partial charge is 0.444 e. The van der Waals surface area contributed by atoms with E-state index >= 15 is 0 Å². The van der Waals surface area contributed by atoms with Crippen molar-refractivity contribution in [2.24, 2.45) is 0 Å². The minimum Gasteiger partial charge on any atom is -0.444 e. The highest BCUT2D eigenvalue weighted by molar-refractivity contribution is 5.68. The van der Waals surface area contributed by atoms with Gasteiger partial charge in [0.1, 0.15) is 11.4 Å². The van der Waals surface area contributed by atoms with Gasteiger partial charge in [-0.15, -0.1) is 0 Å². The molecule has 1 amide bonds. The molecule has 0 saturated carbocycles. The van der Waals surface area contributed by atoms with E-state index in [1.165, 1.54) is 0 Å². The minimum absolute atomic E-state index is 0.286. The number of aromatic nitrogens is 2. The average Bonchev–Trinajstić information content (AvgIpc) is 2.66. The van der Waals surface area contributed by atoms with Gasteiger partial charge in [0, 0.05) is 12.2 Å². The molecule has 1 rings (SSSR count). The second-order valence-corrected chi connectivity index (χ2v) is 6.01. The molecule has 5 heteroatoms. The predicted octanol–water partition coefficient (Wildman–Crippen LogP) is 3.43. The van der Waals surface area contributed by atoms with Gasteiger partial charge in [-0.1, -0.05) is 13.8 Å². The topological polar surface area (TPSA) is 58.2 Å². The van der Waals surface area contributed by atoms with E-state index in [1.807, 2.05) is 34.6 Å². The Morgan fingerprint density at radius 2 is 2.00 bits per heavy atom. The lowest BCUT2D eigenvalue weighted by Crippen LogP contribution is -2.37. The summed E-state index contributed by atoms with van der Waals surface area (Å²) in [4.78, 5) is 21.6. The number of rotatable bonds is 5. The predicted molar refractivity (Wildman–Crippen MR) is 79.6 cm³/mol. The van der Waals surface area contributed by atoms with Crippen LogP contribution in [0.15, 0.2) is 0 Å². The molecule has 0 aromatic carbocycles. The summed E-state index contributed by atoms with van der Waals surface area (Å²) >= 11 is 0. The second kappa shape index (κ2) is 6.77. The molecule has 114 valence electrons. The van der Waals surface area contributed by atoms with Crippen LogP contribution in [0.5, 0.6) is 0 Å². The number of amides is 1. The molecule has 5 nitrogen and oxygen atoms in total. The van der Waals surface area contributed by atoms with E-state index in [1.54, 1.807) is 4.90 Å². The molecule has 0 aliphatic carbocycles. The van der Waals surface area contributed by atoms with Crippen LogP contribution in [-0.2, 0) is 17.7 Å². The van der Waals surface area contributed by atoms with Crippen LogP contribution >= 0.6 is 0 Å². The monoisotopic (exact) mass is 281 g/mol. The molecule has 1 N–H and O–H groups in total. The molecule has 0 atom stereocenters. The Morgan fingerprint density at radius 3 is 2.45 bits per heavy atom. The van der Waals surface area contributed by atoms with Crippen molar-refractivity contribution in [1.29, 1.82) is 0 Å². The Hall–Kier alpha value is -1.52. The van der Waals surface area contributed by atoms with Gasteiger partial charge in [-0.2, -0.15) is 0 Å². The number of aryl methyl sites for hydroxylation is 2. The van der Waals surface area contributed by atoms with Gasteiger partial charge in [-0.05, 0) is 40.5 Å². The van der Waals surface area contributed by atoms with E-state index in [0.717, 1.165) is 30.1 Å². The Labute approximate surface area is 121 Å². The van der Waals surface area contributed by atoms with Crippen LogP contribution in [-0.4, -0.2) is 33.1 Å². The third-order valence-electron chi connectivity index (χ3n) is 2.86. The van der Waals surface area contributed by atoms with Crippen molar-refractivity contribution in [2.75, 3.05) is 6.54 Å². The fourth-order valence-electron chi connectivity index (χ4n) is 1.99. The van der Waals surface area contributed by atoms with Crippen molar-refractivity contribution in [3.63, 3.8) is 0 Å². The third-order valence-corrected chi connectivity index (χ3v) is 2.86. The van der Waals surface area contributed by atoms with Crippen molar-refractivity contribution < 1.29 is 9.53 Å². The summed E-state index contributed by atoms with van der Waals surface area (Å²) in [5.74, 6) is 0.818. The molecule has 1 aromatic heterocycles. The van der Waals surface area contributed by atoms with Gasteiger partial charge >= 0.3 is 6.09 Å². The number of imidazole rings is 1. The minimum atomic E-state index is -0.475. The van der Waals surface area contributed by atoms with Crippen LogP contribution in [0, 0.1) is 6.92 Å². The van der Waals surface area contributed by atoms with Crippen LogP contribution in [0.3, 0.4) is 0 Å². The van der Waals surface area contributed by atoms with Crippen LogP contribution in [0.4, 0.5) is 4.79 Å². The summed E-state index contributed by atoms with van der Waals surface area (Å²) in [6.07, 6.45) is 1.49. The lowest BCUT2D eigenvalue weighted by atomic mass is 10.2. The molecule has 1 aromatic rings. The lowest BCUT2D eigenvalue weighted by molar-refractivity contribution is 0.0229. The van der Waals surface area contributed by atoms with E-state index in [0.29, 0.717) is 13.1 Å². The normalized spacial score (nSPS) is 11.5. The van der Waals surface area contributed by atoms with E-state index in [9.17, 15) is 4.79 Å². The highest BCUT2D eigenvalue weighted by Gasteiger charge is 2.22. The highest BCUT2D eigenvalue weighted by Crippen LogP contribution is 2.13. The fourth-order valence-corrected chi connectivity index (χ4v) is 1.99. The van der Waals surface area contributed by atoms with Gasteiger partial charge in [0.2, 0.25) is 0 Å². The Morgan fingerprint density at radius 1 is 1.35 bits per heavy atom. The Bertz CT molecular complexity index is 446. The zero-order chi connectivity index (χ0) is 15.3. The summed E-state index contributed by atoms with van der Waals surface area (Å²) < 4.78 is 5.43. The second-order valence-electron chi connectivity index (χ2n) is 6.01. The first kappa shape index (κ1) is 16.5. The number of ether oxygens (including phenoxy) is 1. The summed E-state index contributed by atoms with van der Waals surface area (Å²) in [6, 6.07) is 0. The third kappa shape index (κ3) is 4.87. The maximum atomic E-state index is 12.2. The zero-order valence-electron chi connectivity index (χ0n) is 13.5. The molecule has 0 radical (unpaired) electrons. The quantitative estimate of drug-likeness (QED) is 0.899. The SMILES string of the molecule is CCCN(Cc1nc(CC)c(C)[nH]1)C(=O)OC(C)(C)C. The first-order valence-corrected chi connectivity index (χ1v) is 7.29. The van der Waals surface area contributed by atoms with Crippen LogP contribution in [0.25, 0.3) is 0 Å². The van der Waals surface area contributed by atoms with Gasteiger partial charge in [0.05, 0.1) is 12.2 Å². The van der Waals surface area contributed by atoms with Gasteiger partial charge in [0.15, 0.2) is 0 Å². The van der Waals surface area contributed by atoms with E-state index in [2.05, 4.69) is 16.9 Å². The molecule has 0 bridgehead atoms. The Balaban J connectivity index is 2.78. The van der Waals surface area contributed by atoms with E-state index in [4.69, 9.17) is 4.74 Å². The number of nitrogens with one attached hydrogen (secondary N) is 1. The summed E-state index contributed by atoms with van der Waals surface area (Å²) in [5, 5.41) is 0. The molecule has 1 heterocycles. The number of hydrogen-bond acceptors (Lipinski definition) is 3. The summed E-state index contributed by atoms with van der Waals surface area (Å²) in [7, 11) is 0. The molecule has 0 aliphatic rings. The van der Waals surface area contributed by atoms with Gasteiger partial charge in [-0.3, -0.25) is 0 Å². The maximum absolute atomic E-state index is 12.2. The molecule has 0 spiro atoms. The van der Waals surface area contributed by atoms with Gasteiger partial charge in [0.25, 0.3) is 0 Å². The fraction of sp³-hybridized carbons (Fsp3) is 0.733. The highest BCUT2D eigenvalue weighted by atomic mass is 16.6. The van der Waals surface area contributed by atoms with Crippen molar-refractivity contribution in [3.8, 4) is 0 Å². The average molecular weight is 281 g/mol. The number of hydrogen-bond donors (Lipinski definition) is 1. The standard InChI is InChI=1S/C15H27N3O2/c1-7-9-18(14(19)20-15(4,5)6)10-13-16-11(3)12(8-2)17-13/h7-10H2,1-6H3,(H,16,17).